The van der Waals surface area contributed by atoms with Crippen LogP contribution < -0.4 is 19.6 Å². The number of aromatic amines is 1. The average molecular weight is 661 g/mol. The van der Waals surface area contributed by atoms with Crippen LogP contribution in [0, 0.1) is 0 Å². The third-order valence-corrected chi connectivity index (χ3v) is 7.24. The molecule has 5 aromatic rings. The minimum Gasteiger partial charge on any atom is -0.494 e. The number of fused-ring (bicyclic) bond motifs is 1. The first-order valence-corrected chi connectivity index (χ1v) is 14.7. The van der Waals surface area contributed by atoms with Crippen LogP contribution in [-0.4, -0.2) is 36.3 Å². The van der Waals surface area contributed by atoms with Crippen molar-refractivity contribution in [2.75, 3.05) is 13.2 Å². The number of amides is 1. The number of hydrogen-bond acceptors (Lipinski definition) is 6. The van der Waals surface area contributed by atoms with Gasteiger partial charge in [-0.05, 0) is 86.1 Å². The summed E-state index contributed by atoms with van der Waals surface area (Å²) >= 11 is 9.91. The highest BCUT2D eigenvalue weighted by Crippen LogP contribution is 2.38. The summed E-state index contributed by atoms with van der Waals surface area (Å²) in [4.78, 5) is 29.2. The zero-order valence-corrected chi connectivity index (χ0v) is 25.7. The molecule has 2 N–H and O–H groups in total. The molecule has 0 aliphatic rings. The van der Waals surface area contributed by atoms with E-state index in [-0.39, 0.29) is 5.75 Å². The fourth-order valence-corrected chi connectivity index (χ4v) is 4.96. The van der Waals surface area contributed by atoms with Crippen molar-refractivity contribution < 1.29 is 23.8 Å². The van der Waals surface area contributed by atoms with Crippen LogP contribution in [0.3, 0.4) is 0 Å². The summed E-state index contributed by atoms with van der Waals surface area (Å²) in [6.45, 7) is 4.61. The molecule has 1 amide bonds. The molecule has 0 bridgehead atoms. The summed E-state index contributed by atoms with van der Waals surface area (Å²) < 4.78 is 17.8. The van der Waals surface area contributed by atoms with E-state index in [1.165, 1.54) is 6.21 Å². The van der Waals surface area contributed by atoms with Crippen LogP contribution in [0.4, 0.5) is 0 Å². The molecule has 5 rings (SSSR count). The zero-order valence-electron chi connectivity index (χ0n) is 23.3. The molecule has 1 heterocycles. The van der Waals surface area contributed by atoms with Gasteiger partial charge in [0.25, 0.3) is 5.91 Å². The van der Waals surface area contributed by atoms with Gasteiger partial charge in [0.1, 0.15) is 11.4 Å². The van der Waals surface area contributed by atoms with Gasteiger partial charge in [-0.25, -0.2) is 10.2 Å². The number of rotatable bonds is 10. The Kier molecular flexibility index (Phi) is 9.44. The van der Waals surface area contributed by atoms with E-state index in [0.717, 1.165) is 15.4 Å². The van der Waals surface area contributed by atoms with Crippen molar-refractivity contribution in [2.45, 2.75) is 13.8 Å². The van der Waals surface area contributed by atoms with Gasteiger partial charge in [-0.3, -0.25) is 4.79 Å². The van der Waals surface area contributed by atoms with E-state index in [1.807, 2.05) is 50.2 Å². The number of benzene rings is 4. The van der Waals surface area contributed by atoms with Crippen LogP contribution >= 0.6 is 27.5 Å². The number of carbonyl (C=O) groups excluding carboxylic acids is 2. The molecule has 0 saturated heterocycles. The second-order valence-corrected chi connectivity index (χ2v) is 10.6. The summed E-state index contributed by atoms with van der Waals surface area (Å²) in [6, 6.07) is 24.8. The van der Waals surface area contributed by atoms with Gasteiger partial charge in [0, 0.05) is 31.5 Å². The molecule has 218 valence electrons. The van der Waals surface area contributed by atoms with Gasteiger partial charge in [0.05, 0.1) is 25.0 Å². The van der Waals surface area contributed by atoms with Crippen molar-refractivity contribution in [3.05, 3.63) is 111 Å². The maximum absolute atomic E-state index is 13.4. The van der Waals surface area contributed by atoms with Gasteiger partial charge in [0.2, 0.25) is 0 Å². The monoisotopic (exact) mass is 659 g/mol. The van der Waals surface area contributed by atoms with Gasteiger partial charge in [-0.2, -0.15) is 5.10 Å². The lowest BCUT2D eigenvalue weighted by atomic mass is 10.0. The van der Waals surface area contributed by atoms with Crippen LogP contribution in [-0.2, 0) is 0 Å². The largest absolute Gasteiger partial charge is 0.494 e. The van der Waals surface area contributed by atoms with Gasteiger partial charge in [0.15, 0.2) is 11.5 Å². The standard InChI is InChI=1S/C33H27BrClN3O5/c1-3-41-23-14-15-27-25(18-23)30(24-7-5-6-8-26(24)35)31(37-27)32(39)38-36-19-20-9-16-28(29(17-20)42-4-2)43-33(40)21-10-12-22(34)13-11-21/h5-19,37H,3-4H2,1-2H3,(H,38,39). The van der Waals surface area contributed by atoms with E-state index >= 15 is 0 Å². The summed E-state index contributed by atoms with van der Waals surface area (Å²) in [7, 11) is 0. The van der Waals surface area contributed by atoms with E-state index in [0.29, 0.717) is 57.7 Å². The molecule has 43 heavy (non-hydrogen) atoms. The molecule has 8 nitrogen and oxygen atoms in total. The average Bonchev–Trinajstić information content (AvgIpc) is 3.38. The van der Waals surface area contributed by atoms with Crippen LogP contribution in [0.15, 0.2) is 94.5 Å². The quantitative estimate of drug-likeness (QED) is 0.0684. The number of ether oxygens (including phenoxy) is 3. The van der Waals surface area contributed by atoms with Gasteiger partial charge in [-0.15, -0.1) is 0 Å². The Balaban J connectivity index is 1.38. The van der Waals surface area contributed by atoms with E-state index in [9.17, 15) is 9.59 Å². The normalized spacial score (nSPS) is 11.1. The minimum atomic E-state index is -0.511. The van der Waals surface area contributed by atoms with Gasteiger partial charge >= 0.3 is 5.97 Å². The van der Waals surface area contributed by atoms with E-state index in [1.54, 1.807) is 48.5 Å². The predicted octanol–water partition coefficient (Wildman–Crippen LogP) is 8.03. The SMILES string of the molecule is CCOc1ccc2[nH]c(C(=O)NN=Cc3ccc(OC(=O)c4ccc(Br)cc4)c(OCC)c3)c(-c3ccccc3Cl)c2c1. The first-order chi connectivity index (χ1) is 20.9. The molecule has 0 atom stereocenters. The van der Waals surface area contributed by atoms with Crippen LogP contribution in [0.2, 0.25) is 5.02 Å². The highest BCUT2D eigenvalue weighted by atomic mass is 79.9. The molecular formula is C33H27BrClN3O5. The Morgan fingerprint density at radius 1 is 0.930 bits per heavy atom. The molecule has 0 fully saturated rings. The first-order valence-electron chi connectivity index (χ1n) is 13.5. The summed E-state index contributed by atoms with van der Waals surface area (Å²) in [5.41, 5.74) is 6.03. The molecule has 0 radical (unpaired) electrons. The molecule has 0 saturated carbocycles. The fraction of sp³-hybridized carbons (Fsp3) is 0.121. The third kappa shape index (κ3) is 6.90. The van der Waals surface area contributed by atoms with Gasteiger partial charge < -0.3 is 19.2 Å². The molecule has 10 heteroatoms. The van der Waals surface area contributed by atoms with Gasteiger partial charge in [-0.1, -0.05) is 45.7 Å². The molecule has 1 aromatic heterocycles. The van der Waals surface area contributed by atoms with Crippen molar-refractivity contribution >= 4 is 56.5 Å². The maximum Gasteiger partial charge on any atom is 0.343 e. The first kappa shape index (κ1) is 29.9. The Morgan fingerprint density at radius 2 is 1.70 bits per heavy atom. The van der Waals surface area contributed by atoms with E-state index in [4.69, 9.17) is 25.8 Å². The Labute approximate surface area is 261 Å². The summed E-state index contributed by atoms with van der Waals surface area (Å²) in [5, 5.41) is 5.47. The number of nitrogens with zero attached hydrogens (tertiary/aromatic N) is 1. The second-order valence-electron chi connectivity index (χ2n) is 9.23. The number of halogens is 2. The lowest BCUT2D eigenvalue weighted by molar-refractivity contribution is 0.0728. The summed E-state index contributed by atoms with van der Waals surface area (Å²) in [6.07, 6.45) is 1.48. The van der Waals surface area contributed by atoms with Crippen molar-refractivity contribution in [1.82, 2.24) is 10.4 Å². The number of carbonyl (C=O) groups is 2. The highest BCUT2D eigenvalue weighted by molar-refractivity contribution is 9.10. The van der Waals surface area contributed by atoms with Crippen LogP contribution in [0.25, 0.3) is 22.0 Å². The number of hydrazone groups is 1. The van der Waals surface area contributed by atoms with E-state index < -0.39 is 11.9 Å². The topological polar surface area (TPSA) is 102 Å². The Morgan fingerprint density at radius 3 is 2.44 bits per heavy atom. The minimum absolute atomic E-state index is 0.268. The number of nitrogens with one attached hydrogen (secondary N) is 2. The number of hydrogen-bond donors (Lipinski definition) is 2. The molecule has 0 spiro atoms. The third-order valence-electron chi connectivity index (χ3n) is 6.38. The lowest BCUT2D eigenvalue weighted by Gasteiger charge is -2.11. The van der Waals surface area contributed by atoms with Crippen molar-refractivity contribution in [2.24, 2.45) is 5.10 Å². The zero-order chi connectivity index (χ0) is 30.3. The smallest absolute Gasteiger partial charge is 0.343 e. The van der Waals surface area contributed by atoms with Crippen molar-refractivity contribution in [1.29, 1.82) is 0 Å². The van der Waals surface area contributed by atoms with Crippen LogP contribution in [0.1, 0.15) is 40.3 Å². The maximum atomic E-state index is 13.4. The Bertz CT molecular complexity index is 1820. The summed E-state index contributed by atoms with van der Waals surface area (Å²) in [5.74, 6) is 0.353. The second kappa shape index (κ2) is 13.6. The molecule has 4 aromatic carbocycles. The number of H-pyrrole nitrogens is 1. The molecular weight excluding hydrogens is 634 g/mol. The van der Waals surface area contributed by atoms with Crippen molar-refractivity contribution in [3.8, 4) is 28.4 Å². The molecule has 0 aliphatic heterocycles. The highest BCUT2D eigenvalue weighted by Gasteiger charge is 2.21. The fourth-order valence-electron chi connectivity index (χ4n) is 4.47. The molecule has 0 unspecified atom stereocenters. The predicted molar refractivity (Wildman–Crippen MR) is 172 cm³/mol. The molecule has 0 aliphatic carbocycles. The Hall–Kier alpha value is -4.60. The number of aromatic nitrogens is 1. The lowest BCUT2D eigenvalue weighted by Crippen LogP contribution is -2.19. The number of esters is 1. The van der Waals surface area contributed by atoms with E-state index in [2.05, 4.69) is 31.4 Å². The van der Waals surface area contributed by atoms with Crippen LogP contribution in [0.5, 0.6) is 17.2 Å². The van der Waals surface area contributed by atoms with Crippen molar-refractivity contribution in [3.63, 3.8) is 0 Å².